The Kier molecular flexibility index (Phi) is 6.41. The second kappa shape index (κ2) is 8.53. The lowest BCUT2D eigenvalue weighted by Gasteiger charge is -2.16. The molecule has 2 rings (SSSR count). The zero-order valence-corrected chi connectivity index (χ0v) is 14.3. The number of aromatic nitrogens is 1. The van der Waals surface area contributed by atoms with Gasteiger partial charge in [0.1, 0.15) is 11.9 Å². The van der Waals surface area contributed by atoms with Crippen LogP contribution in [0.5, 0.6) is 11.6 Å². The minimum absolute atomic E-state index is 0.0699. The standard InChI is InChI=1S/C18H20F2N2O3/c1-11(2)24-12(3)17(23)22-10-13-5-4-8-21-18(13)25-16-7-6-14(19)9-15(16)20/h4-9,11-12H,10H2,1-3H3,(H,22,23)/t12-/m1/s1. The van der Waals surface area contributed by atoms with Crippen molar-refractivity contribution in [2.45, 2.75) is 39.5 Å². The molecular weight excluding hydrogens is 330 g/mol. The fourth-order valence-electron chi connectivity index (χ4n) is 2.11. The van der Waals surface area contributed by atoms with Gasteiger partial charge in [0.05, 0.1) is 6.10 Å². The second-order valence-electron chi connectivity index (χ2n) is 5.69. The number of rotatable bonds is 7. The first-order valence-electron chi connectivity index (χ1n) is 7.86. The molecule has 7 heteroatoms. The van der Waals surface area contributed by atoms with E-state index in [0.717, 1.165) is 12.1 Å². The molecular formula is C18H20F2N2O3. The molecule has 0 saturated heterocycles. The normalized spacial score (nSPS) is 12.1. The molecule has 0 fully saturated rings. The first-order valence-corrected chi connectivity index (χ1v) is 7.86. The van der Waals surface area contributed by atoms with E-state index in [-0.39, 0.29) is 30.2 Å². The maximum Gasteiger partial charge on any atom is 0.249 e. The third-order valence-corrected chi connectivity index (χ3v) is 3.25. The van der Waals surface area contributed by atoms with Crippen molar-refractivity contribution in [2.24, 2.45) is 0 Å². The monoisotopic (exact) mass is 350 g/mol. The average Bonchev–Trinajstić information content (AvgIpc) is 2.55. The van der Waals surface area contributed by atoms with Crippen LogP contribution in [0.15, 0.2) is 36.5 Å². The van der Waals surface area contributed by atoms with Crippen molar-refractivity contribution in [3.63, 3.8) is 0 Å². The Balaban J connectivity index is 2.06. The van der Waals surface area contributed by atoms with Crippen molar-refractivity contribution >= 4 is 5.91 Å². The van der Waals surface area contributed by atoms with Crippen molar-refractivity contribution in [3.8, 4) is 11.6 Å². The molecule has 1 N–H and O–H groups in total. The zero-order chi connectivity index (χ0) is 18.4. The summed E-state index contributed by atoms with van der Waals surface area (Å²) in [5.74, 6) is -1.83. The van der Waals surface area contributed by atoms with Gasteiger partial charge in [0.2, 0.25) is 11.8 Å². The molecule has 0 bridgehead atoms. The molecule has 0 saturated carbocycles. The van der Waals surface area contributed by atoms with E-state index in [1.54, 1.807) is 19.1 Å². The molecule has 0 aliphatic rings. The summed E-state index contributed by atoms with van der Waals surface area (Å²) in [5, 5.41) is 2.72. The van der Waals surface area contributed by atoms with E-state index in [9.17, 15) is 13.6 Å². The molecule has 0 aliphatic carbocycles. The van der Waals surface area contributed by atoms with Crippen LogP contribution in [-0.4, -0.2) is 23.1 Å². The highest BCUT2D eigenvalue weighted by atomic mass is 19.1. The van der Waals surface area contributed by atoms with Crippen molar-refractivity contribution in [2.75, 3.05) is 0 Å². The van der Waals surface area contributed by atoms with Crippen LogP contribution in [-0.2, 0) is 16.1 Å². The molecule has 0 unspecified atom stereocenters. The average molecular weight is 350 g/mol. The lowest BCUT2D eigenvalue weighted by molar-refractivity contribution is -0.134. The Morgan fingerprint density at radius 2 is 2.00 bits per heavy atom. The van der Waals surface area contributed by atoms with E-state index in [4.69, 9.17) is 9.47 Å². The molecule has 25 heavy (non-hydrogen) atoms. The highest BCUT2D eigenvalue weighted by molar-refractivity contribution is 5.80. The predicted octanol–water partition coefficient (Wildman–Crippen LogP) is 3.58. The number of halogens is 2. The number of nitrogens with zero attached hydrogens (tertiary/aromatic N) is 1. The van der Waals surface area contributed by atoms with Crippen LogP contribution in [0, 0.1) is 11.6 Å². The second-order valence-corrected chi connectivity index (χ2v) is 5.69. The Bertz CT molecular complexity index is 738. The first kappa shape index (κ1) is 18.8. The van der Waals surface area contributed by atoms with Gasteiger partial charge in [0.25, 0.3) is 0 Å². The van der Waals surface area contributed by atoms with Gasteiger partial charge in [-0.2, -0.15) is 0 Å². The molecule has 1 amide bonds. The SMILES string of the molecule is CC(C)O[C@H](C)C(=O)NCc1cccnc1Oc1ccc(F)cc1F. The van der Waals surface area contributed by atoms with Crippen molar-refractivity contribution < 1.29 is 23.0 Å². The van der Waals surface area contributed by atoms with Crippen LogP contribution < -0.4 is 10.1 Å². The minimum Gasteiger partial charge on any atom is -0.436 e. The minimum atomic E-state index is -0.834. The first-order chi connectivity index (χ1) is 11.9. The summed E-state index contributed by atoms with van der Waals surface area (Å²) in [4.78, 5) is 16.1. The smallest absolute Gasteiger partial charge is 0.249 e. The summed E-state index contributed by atoms with van der Waals surface area (Å²) in [6.07, 6.45) is 0.808. The van der Waals surface area contributed by atoms with Gasteiger partial charge < -0.3 is 14.8 Å². The summed E-state index contributed by atoms with van der Waals surface area (Å²) in [6.45, 7) is 5.47. The number of amides is 1. The quantitative estimate of drug-likeness (QED) is 0.829. The van der Waals surface area contributed by atoms with E-state index in [0.29, 0.717) is 5.56 Å². The molecule has 0 spiro atoms. The molecule has 0 aliphatic heterocycles. The zero-order valence-electron chi connectivity index (χ0n) is 14.3. The number of benzene rings is 1. The Labute approximate surface area is 145 Å². The van der Waals surface area contributed by atoms with Gasteiger partial charge in [-0.15, -0.1) is 0 Å². The van der Waals surface area contributed by atoms with Crippen LogP contribution in [0.2, 0.25) is 0 Å². The summed E-state index contributed by atoms with van der Waals surface area (Å²) >= 11 is 0. The highest BCUT2D eigenvalue weighted by Gasteiger charge is 2.16. The number of carbonyl (C=O) groups excluding carboxylic acids is 1. The fourth-order valence-corrected chi connectivity index (χ4v) is 2.11. The third-order valence-electron chi connectivity index (χ3n) is 3.25. The highest BCUT2D eigenvalue weighted by Crippen LogP contribution is 2.26. The van der Waals surface area contributed by atoms with Gasteiger partial charge in [-0.1, -0.05) is 6.07 Å². The number of carbonyl (C=O) groups is 1. The number of pyridine rings is 1. The largest absolute Gasteiger partial charge is 0.436 e. The van der Waals surface area contributed by atoms with Gasteiger partial charge in [-0.3, -0.25) is 4.79 Å². The van der Waals surface area contributed by atoms with Crippen molar-refractivity contribution in [3.05, 3.63) is 53.7 Å². The maximum atomic E-state index is 13.7. The predicted molar refractivity (Wildman–Crippen MR) is 88.2 cm³/mol. The Morgan fingerprint density at radius 3 is 2.68 bits per heavy atom. The van der Waals surface area contributed by atoms with E-state index >= 15 is 0 Å². The van der Waals surface area contributed by atoms with Gasteiger partial charge in [-0.25, -0.2) is 13.8 Å². The van der Waals surface area contributed by atoms with E-state index in [1.807, 2.05) is 13.8 Å². The number of hydrogen-bond donors (Lipinski definition) is 1. The van der Waals surface area contributed by atoms with Crippen LogP contribution in [0.25, 0.3) is 0 Å². The molecule has 1 atom stereocenters. The lowest BCUT2D eigenvalue weighted by atomic mass is 10.2. The Hall–Kier alpha value is -2.54. The van der Waals surface area contributed by atoms with Gasteiger partial charge in [0.15, 0.2) is 11.6 Å². The lowest BCUT2D eigenvalue weighted by Crippen LogP contribution is -2.35. The van der Waals surface area contributed by atoms with Crippen LogP contribution in [0.1, 0.15) is 26.3 Å². The summed E-state index contributed by atoms with van der Waals surface area (Å²) in [7, 11) is 0. The topological polar surface area (TPSA) is 60.5 Å². The van der Waals surface area contributed by atoms with Crippen LogP contribution in [0.4, 0.5) is 8.78 Å². The van der Waals surface area contributed by atoms with Gasteiger partial charge in [-0.05, 0) is 39.0 Å². The number of nitrogens with one attached hydrogen (secondary N) is 1. The van der Waals surface area contributed by atoms with Gasteiger partial charge >= 0.3 is 0 Å². The molecule has 1 aromatic heterocycles. The molecule has 134 valence electrons. The van der Waals surface area contributed by atoms with Gasteiger partial charge in [0, 0.05) is 24.4 Å². The third kappa shape index (κ3) is 5.49. The maximum absolute atomic E-state index is 13.7. The van der Waals surface area contributed by atoms with Crippen LogP contribution in [0.3, 0.4) is 0 Å². The van der Waals surface area contributed by atoms with E-state index in [1.165, 1.54) is 12.3 Å². The van der Waals surface area contributed by atoms with Crippen LogP contribution >= 0.6 is 0 Å². The van der Waals surface area contributed by atoms with E-state index in [2.05, 4.69) is 10.3 Å². The Morgan fingerprint density at radius 1 is 1.24 bits per heavy atom. The van der Waals surface area contributed by atoms with Crippen molar-refractivity contribution in [1.82, 2.24) is 10.3 Å². The summed E-state index contributed by atoms with van der Waals surface area (Å²) < 4.78 is 37.5. The molecule has 1 aromatic carbocycles. The van der Waals surface area contributed by atoms with E-state index < -0.39 is 17.7 Å². The fraction of sp³-hybridized carbons (Fsp3) is 0.333. The molecule has 1 heterocycles. The summed E-state index contributed by atoms with van der Waals surface area (Å²) in [5.41, 5.74) is 0.552. The molecule has 0 radical (unpaired) electrons. The number of ether oxygens (including phenoxy) is 2. The molecule has 5 nitrogen and oxygen atoms in total. The number of hydrogen-bond acceptors (Lipinski definition) is 4. The molecule has 2 aromatic rings. The summed E-state index contributed by atoms with van der Waals surface area (Å²) in [6, 6.07) is 6.36. The van der Waals surface area contributed by atoms with Crippen molar-refractivity contribution in [1.29, 1.82) is 0 Å².